The van der Waals surface area contributed by atoms with Crippen molar-refractivity contribution in [3.63, 3.8) is 0 Å². The van der Waals surface area contributed by atoms with Gasteiger partial charge in [0.05, 0.1) is 0 Å². The summed E-state index contributed by atoms with van der Waals surface area (Å²) >= 11 is 0. The van der Waals surface area contributed by atoms with Gasteiger partial charge in [-0.15, -0.1) is 0 Å². The molecule has 0 radical (unpaired) electrons. The predicted molar refractivity (Wildman–Crippen MR) is 41.8 cm³/mol. The Balaban J connectivity index is 4.50. The van der Waals surface area contributed by atoms with Crippen molar-refractivity contribution in [2.45, 2.75) is 5.44 Å². The lowest BCUT2D eigenvalue weighted by Crippen LogP contribution is -2.23. The largest absolute Gasteiger partial charge is 0.436 e. The fourth-order valence-corrected chi connectivity index (χ4v) is 0.853. The molecule has 0 amide bonds. The summed E-state index contributed by atoms with van der Waals surface area (Å²) in [6.45, 7) is 6.11. The molecule has 0 spiro atoms. The van der Waals surface area contributed by atoms with E-state index >= 15 is 0 Å². The van der Waals surface area contributed by atoms with Crippen LogP contribution in [0, 0.1) is 0 Å². The summed E-state index contributed by atoms with van der Waals surface area (Å²) < 4.78 is 33.4. The summed E-state index contributed by atoms with van der Waals surface area (Å²) in [6.07, 6.45) is 1.57. The lowest BCUT2D eigenvalue weighted by atomic mass is 10.6. The van der Waals surface area contributed by atoms with Crippen LogP contribution in [0.15, 0.2) is 25.3 Å². The normalized spacial score (nSPS) is 13.1. The predicted octanol–water partition coefficient (Wildman–Crippen LogP) is 0.116. The number of ether oxygens (including phenoxy) is 1. The van der Waals surface area contributed by atoms with Gasteiger partial charge in [-0.1, -0.05) is 13.2 Å². The molecule has 12 heavy (non-hydrogen) atoms. The van der Waals surface area contributed by atoms with E-state index < -0.39 is 21.5 Å². The standard InChI is InChI=1S/C6H8O5S/c1-3-5(7)11-6(4-2)12(8,9)10/h3-4,6H,1-2H2,(H,8,9,10). The van der Waals surface area contributed by atoms with Gasteiger partial charge in [-0.3, -0.25) is 4.55 Å². The third-order valence-corrected chi connectivity index (χ3v) is 1.76. The molecule has 5 nitrogen and oxygen atoms in total. The van der Waals surface area contributed by atoms with Gasteiger partial charge in [0.2, 0.25) is 5.44 Å². The van der Waals surface area contributed by atoms with Gasteiger partial charge in [0, 0.05) is 6.08 Å². The first kappa shape index (κ1) is 10.9. The van der Waals surface area contributed by atoms with Crippen molar-refractivity contribution >= 4 is 16.1 Å². The van der Waals surface area contributed by atoms with Crippen molar-refractivity contribution < 1.29 is 22.5 Å². The van der Waals surface area contributed by atoms with Crippen LogP contribution in [-0.2, 0) is 19.6 Å². The molecule has 0 aliphatic heterocycles. The lowest BCUT2D eigenvalue weighted by Gasteiger charge is -2.07. The zero-order valence-electron chi connectivity index (χ0n) is 6.13. The number of rotatable bonds is 4. The molecule has 0 heterocycles. The molecule has 1 atom stereocenters. The Labute approximate surface area is 70.1 Å². The average molecular weight is 192 g/mol. The number of hydrogen-bond donors (Lipinski definition) is 1. The Bertz CT molecular complexity index is 289. The Hall–Kier alpha value is -1.14. The van der Waals surface area contributed by atoms with Crippen LogP contribution in [0.4, 0.5) is 0 Å². The highest BCUT2D eigenvalue weighted by Crippen LogP contribution is 2.02. The van der Waals surface area contributed by atoms with Crippen LogP contribution >= 0.6 is 0 Å². The third-order valence-electron chi connectivity index (χ3n) is 0.885. The molecule has 68 valence electrons. The van der Waals surface area contributed by atoms with Gasteiger partial charge in [-0.25, -0.2) is 4.79 Å². The molecule has 1 unspecified atom stereocenters. The van der Waals surface area contributed by atoms with Gasteiger partial charge in [0.1, 0.15) is 0 Å². The van der Waals surface area contributed by atoms with Gasteiger partial charge in [-0.2, -0.15) is 8.42 Å². The summed E-state index contributed by atoms with van der Waals surface area (Å²) in [4.78, 5) is 10.5. The zero-order chi connectivity index (χ0) is 9.78. The van der Waals surface area contributed by atoms with Crippen molar-refractivity contribution in [3.8, 4) is 0 Å². The second kappa shape index (κ2) is 4.03. The topological polar surface area (TPSA) is 80.7 Å². The molecule has 6 heteroatoms. The minimum absolute atomic E-state index is 0.779. The van der Waals surface area contributed by atoms with Crippen molar-refractivity contribution in [2.75, 3.05) is 0 Å². The van der Waals surface area contributed by atoms with Crippen LogP contribution < -0.4 is 0 Å². The van der Waals surface area contributed by atoms with E-state index in [1.54, 1.807) is 0 Å². The maximum atomic E-state index is 10.5. The molecule has 0 rings (SSSR count). The van der Waals surface area contributed by atoms with Crippen molar-refractivity contribution in [3.05, 3.63) is 25.3 Å². The molecule has 0 aromatic carbocycles. The Morgan fingerprint density at radius 3 is 2.25 bits per heavy atom. The molecule has 0 saturated heterocycles. The first-order valence-electron chi connectivity index (χ1n) is 2.83. The van der Waals surface area contributed by atoms with Crippen molar-refractivity contribution in [1.82, 2.24) is 0 Å². The molecule has 0 aromatic heterocycles. The van der Waals surface area contributed by atoms with E-state index in [2.05, 4.69) is 17.9 Å². The van der Waals surface area contributed by atoms with E-state index in [1.165, 1.54) is 0 Å². The molecule has 0 fully saturated rings. The zero-order valence-corrected chi connectivity index (χ0v) is 6.95. The van der Waals surface area contributed by atoms with Gasteiger partial charge in [0.15, 0.2) is 0 Å². The van der Waals surface area contributed by atoms with Gasteiger partial charge in [0.25, 0.3) is 0 Å². The van der Waals surface area contributed by atoms with Crippen LogP contribution in [0.25, 0.3) is 0 Å². The molecule has 0 aromatic rings. The molecule has 0 saturated carbocycles. The van der Waals surface area contributed by atoms with E-state index in [1.807, 2.05) is 0 Å². The first-order valence-corrected chi connectivity index (χ1v) is 4.34. The monoisotopic (exact) mass is 192 g/mol. The minimum Gasteiger partial charge on any atom is -0.436 e. The van der Waals surface area contributed by atoms with Crippen LogP contribution in [0.1, 0.15) is 0 Å². The maximum Gasteiger partial charge on any atom is 0.331 e. The SMILES string of the molecule is C=CC(=O)OC(C=C)S(=O)(=O)O. The summed E-state index contributed by atoms with van der Waals surface area (Å²) in [6, 6.07) is 0. The van der Waals surface area contributed by atoms with E-state index in [0.29, 0.717) is 0 Å². The van der Waals surface area contributed by atoms with E-state index in [9.17, 15) is 13.2 Å². The molecular formula is C6H8O5S. The first-order chi connectivity index (χ1) is 5.41. The molecular weight excluding hydrogens is 184 g/mol. The van der Waals surface area contributed by atoms with E-state index in [-0.39, 0.29) is 0 Å². The fourth-order valence-electron chi connectivity index (χ4n) is 0.393. The maximum absolute atomic E-state index is 10.5. The van der Waals surface area contributed by atoms with Crippen LogP contribution in [0.3, 0.4) is 0 Å². The number of esters is 1. The molecule has 0 aliphatic carbocycles. The summed E-state index contributed by atoms with van der Waals surface area (Å²) in [7, 11) is -4.43. The van der Waals surface area contributed by atoms with E-state index in [4.69, 9.17) is 4.55 Å². The Kier molecular flexibility index (Phi) is 3.65. The summed E-state index contributed by atoms with van der Waals surface area (Å²) in [5, 5.41) is 0. The van der Waals surface area contributed by atoms with Crippen molar-refractivity contribution in [1.29, 1.82) is 0 Å². The molecule has 0 aliphatic rings. The Morgan fingerprint density at radius 2 is 2.00 bits per heavy atom. The summed E-state index contributed by atoms with van der Waals surface area (Å²) in [5.41, 5.74) is -1.73. The highest BCUT2D eigenvalue weighted by Gasteiger charge is 2.22. The minimum atomic E-state index is -4.43. The smallest absolute Gasteiger partial charge is 0.331 e. The van der Waals surface area contributed by atoms with Crippen LogP contribution in [0.2, 0.25) is 0 Å². The quantitative estimate of drug-likeness (QED) is 0.296. The van der Waals surface area contributed by atoms with Crippen molar-refractivity contribution in [2.24, 2.45) is 0 Å². The van der Waals surface area contributed by atoms with Gasteiger partial charge in [-0.05, 0) is 6.08 Å². The second-order valence-electron chi connectivity index (χ2n) is 1.76. The fraction of sp³-hybridized carbons (Fsp3) is 0.167. The number of hydrogen-bond acceptors (Lipinski definition) is 4. The number of carbonyl (C=O) groups is 1. The van der Waals surface area contributed by atoms with Gasteiger partial charge < -0.3 is 4.74 Å². The number of carbonyl (C=O) groups excluding carboxylic acids is 1. The van der Waals surface area contributed by atoms with Crippen LogP contribution in [0.5, 0.6) is 0 Å². The molecule has 0 bridgehead atoms. The van der Waals surface area contributed by atoms with Crippen LogP contribution in [-0.4, -0.2) is 24.4 Å². The highest BCUT2D eigenvalue weighted by molar-refractivity contribution is 7.86. The highest BCUT2D eigenvalue weighted by atomic mass is 32.2. The average Bonchev–Trinajstić information content (AvgIpc) is 1.97. The lowest BCUT2D eigenvalue weighted by molar-refractivity contribution is -0.138. The van der Waals surface area contributed by atoms with Gasteiger partial charge >= 0.3 is 16.1 Å². The third kappa shape index (κ3) is 3.31. The second-order valence-corrected chi connectivity index (χ2v) is 3.25. The Morgan fingerprint density at radius 1 is 1.50 bits per heavy atom. The van der Waals surface area contributed by atoms with E-state index in [0.717, 1.165) is 12.2 Å². The summed E-state index contributed by atoms with van der Waals surface area (Å²) in [5.74, 6) is -0.947. The molecule has 1 N–H and O–H groups in total.